The molecule has 158 valence electrons. The molecule has 0 aliphatic heterocycles. The van der Waals surface area contributed by atoms with Crippen LogP contribution in [0.15, 0.2) is 35.4 Å². The quantitative estimate of drug-likeness (QED) is 0.396. The van der Waals surface area contributed by atoms with Crippen molar-refractivity contribution in [3.8, 4) is 11.4 Å². The fraction of sp³-hybridized carbons (Fsp3) is 0.167. The lowest BCUT2D eigenvalue weighted by atomic mass is 10.1. The maximum Gasteiger partial charge on any atom is 0.421 e. The Bertz CT molecular complexity index is 1180. The van der Waals surface area contributed by atoms with E-state index in [2.05, 4.69) is 9.97 Å². The number of aromatic nitrogens is 3. The smallest absolute Gasteiger partial charge is 0.421 e. The van der Waals surface area contributed by atoms with E-state index < -0.39 is 57.7 Å². The molecular formula is C18H10Cl2F5N3O2. The minimum absolute atomic E-state index is 0.00250. The average Bonchev–Trinajstić information content (AvgIpc) is 2.63. The molecule has 0 saturated heterocycles. The molecule has 0 amide bonds. The summed E-state index contributed by atoms with van der Waals surface area (Å²) in [5, 5.41) is -0.940. The molecule has 3 rings (SSSR count). The van der Waals surface area contributed by atoms with Gasteiger partial charge in [0.25, 0.3) is 5.56 Å². The normalized spacial score (nSPS) is 11.6. The third-order valence-electron chi connectivity index (χ3n) is 4.00. The zero-order valence-electron chi connectivity index (χ0n) is 14.9. The first kappa shape index (κ1) is 22.0. The number of halogens is 7. The molecule has 0 spiro atoms. The Hall–Kier alpha value is -2.72. The molecule has 0 aliphatic rings. The lowest BCUT2D eigenvalue weighted by Crippen LogP contribution is -2.27. The highest BCUT2D eigenvalue weighted by atomic mass is 35.5. The van der Waals surface area contributed by atoms with E-state index in [-0.39, 0.29) is 10.8 Å². The van der Waals surface area contributed by atoms with Crippen molar-refractivity contribution >= 4 is 23.2 Å². The zero-order valence-corrected chi connectivity index (χ0v) is 16.4. The van der Waals surface area contributed by atoms with Gasteiger partial charge in [-0.1, -0.05) is 23.2 Å². The summed E-state index contributed by atoms with van der Waals surface area (Å²) < 4.78 is 73.9. The van der Waals surface area contributed by atoms with Gasteiger partial charge in [-0.3, -0.25) is 14.3 Å². The molecule has 0 radical (unpaired) electrons. The summed E-state index contributed by atoms with van der Waals surface area (Å²) in [5.74, 6) is -3.09. The molecule has 3 heterocycles. The van der Waals surface area contributed by atoms with Crippen molar-refractivity contribution < 1.29 is 26.7 Å². The van der Waals surface area contributed by atoms with Gasteiger partial charge in [-0.2, -0.15) is 13.2 Å². The van der Waals surface area contributed by atoms with Crippen LogP contribution in [0.5, 0.6) is 5.75 Å². The third-order valence-corrected chi connectivity index (χ3v) is 4.54. The molecule has 0 N–H and O–H groups in total. The summed E-state index contributed by atoms with van der Waals surface area (Å²) >= 11 is 11.7. The van der Waals surface area contributed by atoms with Crippen molar-refractivity contribution in [1.29, 1.82) is 0 Å². The van der Waals surface area contributed by atoms with Gasteiger partial charge in [-0.05, 0) is 19.1 Å². The van der Waals surface area contributed by atoms with Crippen molar-refractivity contribution in [2.24, 2.45) is 0 Å². The van der Waals surface area contributed by atoms with E-state index in [9.17, 15) is 26.7 Å². The second-order valence-electron chi connectivity index (χ2n) is 5.95. The molecule has 5 nitrogen and oxygen atoms in total. The fourth-order valence-electron chi connectivity index (χ4n) is 2.73. The maximum absolute atomic E-state index is 13.8. The van der Waals surface area contributed by atoms with Gasteiger partial charge in [-0.25, -0.2) is 13.8 Å². The summed E-state index contributed by atoms with van der Waals surface area (Å²) in [6.45, 7) is 0.220. The number of pyridine rings is 3. The van der Waals surface area contributed by atoms with Gasteiger partial charge in [0.2, 0.25) is 0 Å². The molecule has 0 bridgehead atoms. The number of nitrogens with zero attached hydrogens (tertiary/aromatic N) is 3. The largest absolute Gasteiger partial charge is 0.485 e. The van der Waals surface area contributed by atoms with Crippen LogP contribution in [-0.2, 0) is 12.8 Å². The fourth-order valence-corrected chi connectivity index (χ4v) is 3.14. The van der Waals surface area contributed by atoms with Gasteiger partial charge in [0.1, 0.15) is 33.9 Å². The van der Waals surface area contributed by atoms with Crippen LogP contribution < -0.4 is 10.3 Å². The summed E-state index contributed by atoms with van der Waals surface area (Å²) in [7, 11) is 0. The lowest BCUT2D eigenvalue weighted by molar-refractivity contribution is -0.139. The van der Waals surface area contributed by atoms with Crippen LogP contribution in [0.3, 0.4) is 0 Å². The molecule has 3 aromatic rings. The molecule has 0 fully saturated rings. The molecule has 0 unspecified atom stereocenters. The van der Waals surface area contributed by atoms with E-state index in [1.54, 1.807) is 0 Å². The van der Waals surface area contributed by atoms with Gasteiger partial charge in [0, 0.05) is 18.0 Å². The summed E-state index contributed by atoms with van der Waals surface area (Å²) in [4.78, 5) is 19.8. The molecule has 0 aliphatic carbocycles. The molecule has 0 saturated carbocycles. The minimum atomic E-state index is -4.98. The highest BCUT2D eigenvalue weighted by Crippen LogP contribution is 2.42. The van der Waals surface area contributed by atoms with Gasteiger partial charge in [0.15, 0.2) is 11.6 Å². The van der Waals surface area contributed by atoms with E-state index >= 15 is 0 Å². The van der Waals surface area contributed by atoms with Crippen LogP contribution >= 0.6 is 23.2 Å². The monoisotopic (exact) mass is 465 g/mol. The first-order valence-corrected chi connectivity index (χ1v) is 8.83. The van der Waals surface area contributed by atoms with Crippen LogP contribution in [0, 0.1) is 18.6 Å². The van der Waals surface area contributed by atoms with Crippen molar-refractivity contribution in [2.75, 3.05) is 0 Å². The standard InChI is InChI=1S/C18H10Cl2F5N3O2/c1-8-14(18(23,24)25)16(30-7-12-11(22)4-9(21)6-27-12)15(20)17(29)28(8)10-2-3-26-13(19)5-10/h2-6H,7H2,1H3. The van der Waals surface area contributed by atoms with E-state index in [0.717, 1.165) is 6.92 Å². The van der Waals surface area contributed by atoms with Gasteiger partial charge in [-0.15, -0.1) is 0 Å². The third kappa shape index (κ3) is 4.24. The van der Waals surface area contributed by atoms with Crippen LogP contribution in [0.4, 0.5) is 22.0 Å². The Morgan fingerprint density at radius 1 is 1.17 bits per heavy atom. The van der Waals surface area contributed by atoms with E-state index in [1.165, 1.54) is 18.3 Å². The van der Waals surface area contributed by atoms with Crippen molar-refractivity contribution in [2.45, 2.75) is 19.7 Å². The number of rotatable bonds is 4. The Labute approximate surface area is 175 Å². The Balaban J connectivity index is 2.17. The minimum Gasteiger partial charge on any atom is -0.485 e. The summed E-state index contributed by atoms with van der Waals surface area (Å²) in [6.07, 6.45) is -3.10. The lowest BCUT2D eigenvalue weighted by Gasteiger charge is -2.21. The molecule has 12 heteroatoms. The van der Waals surface area contributed by atoms with Crippen molar-refractivity contribution in [3.63, 3.8) is 0 Å². The number of ether oxygens (including phenoxy) is 1. The topological polar surface area (TPSA) is 57.0 Å². The number of hydrogen-bond donors (Lipinski definition) is 0. The maximum atomic E-state index is 13.8. The predicted molar refractivity (Wildman–Crippen MR) is 98.1 cm³/mol. The van der Waals surface area contributed by atoms with E-state index in [1.807, 2.05) is 0 Å². The second-order valence-corrected chi connectivity index (χ2v) is 6.71. The Morgan fingerprint density at radius 2 is 1.87 bits per heavy atom. The van der Waals surface area contributed by atoms with Crippen LogP contribution in [0.2, 0.25) is 10.2 Å². The van der Waals surface area contributed by atoms with Crippen LogP contribution in [-0.4, -0.2) is 14.5 Å². The highest BCUT2D eigenvalue weighted by Gasteiger charge is 2.40. The Morgan fingerprint density at radius 3 is 2.47 bits per heavy atom. The van der Waals surface area contributed by atoms with E-state index in [0.29, 0.717) is 16.8 Å². The summed E-state index contributed by atoms with van der Waals surface area (Å²) in [5.41, 5.74) is -3.37. The predicted octanol–water partition coefficient (Wildman–Crippen LogP) is 5.12. The number of hydrogen-bond acceptors (Lipinski definition) is 4. The molecule has 0 atom stereocenters. The van der Waals surface area contributed by atoms with Gasteiger partial charge < -0.3 is 4.74 Å². The van der Waals surface area contributed by atoms with E-state index in [4.69, 9.17) is 27.9 Å². The SMILES string of the molecule is Cc1c(C(F)(F)F)c(OCc2ncc(F)cc2F)c(Cl)c(=O)n1-c1ccnc(Cl)c1. The zero-order chi connectivity index (χ0) is 22.2. The Kier molecular flexibility index (Phi) is 6.00. The number of alkyl halides is 3. The van der Waals surface area contributed by atoms with Crippen molar-refractivity contribution in [1.82, 2.24) is 14.5 Å². The highest BCUT2D eigenvalue weighted by molar-refractivity contribution is 6.32. The average molecular weight is 466 g/mol. The molecule has 3 aromatic heterocycles. The molecule has 30 heavy (non-hydrogen) atoms. The van der Waals surface area contributed by atoms with Crippen molar-refractivity contribution in [3.05, 3.63) is 79.7 Å². The molecular weight excluding hydrogens is 456 g/mol. The van der Waals surface area contributed by atoms with Gasteiger partial charge in [0.05, 0.1) is 11.9 Å². The van der Waals surface area contributed by atoms with Crippen LogP contribution in [0.25, 0.3) is 5.69 Å². The molecule has 0 aromatic carbocycles. The van der Waals surface area contributed by atoms with Crippen LogP contribution in [0.1, 0.15) is 17.0 Å². The first-order chi connectivity index (χ1) is 14.0. The summed E-state index contributed by atoms with van der Waals surface area (Å²) in [6, 6.07) is 2.95. The first-order valence-electron chi connectivity index (χ1n) is 8.07. The van der Waals surface area contributed by atoms with Gasteiger partial charge >= 0.3 is 6.18 Å². The second kappa shape index (κ2) is 8.19.